The summed E-state index contributed by atoms with van der Waals surface area (Å²) in [7, 11) is 0. The van der Waals surface area contributed by atoms with Gasteiger partial charge in [-0.2, -0.15) is 0 Å². The average molecular weight is 336 g/mol. The number of hydrogen-bond donors (Lipinski definition) is 0. The van der Waals surface area contributed by atoms with Gasteiger partial charge in [-0.05, 0) is 0 Å². The van der Waals surface area contributed by atoms with E-state index in [2.05, 4.69) is 0 Å². The molecular weight excluding hydrogens is 332 g/mol. The zero-order chi connectivity index (χ0) is 0. The highest BCUT2D eigenvalue weighted by Crippen LogP contribution is 0.849. The van der Waals surface area contributed by atoms with Crippen molar-refractivity contribution in [3.05, 3.63) is 7.43 Å². The van der Waals surface area contributed by atoms with E-state index in [4.69, 9.17) is 0 Å². The third-order valence-electron chi connectivity index (χ3n) is 0. The van der Waals surface area contributed by atoms with Crippen LogP contribution in [-0.4, -0.2) is 0 Å². The lowest BCUT2D eigenvalue weighted by Crippen LogP contribution is 0.0813. The van der Waals surface area contributed by atoms with Crippen molar-refractivity contribution >= 4 is 67.9 Å². The van der Waals surface area contributed by atoms with Crippen molar-refractivity contribution in [2.75, 3.05) is 0 Å². The van der Waals surface area contributed by atoms with Crippen molar-refractivity contribution in [1.82, 2.24) is 0 Å². The Balaban J connectivity index is 0. The Morgan fingerprint density at radius 2 is 0.400 bits per heavy atom. The first-order valence-electron chi connectivity index (χ1n) is 0. The van der Waals surface area contributed by atoms with Crippen molar-refractivity contribution in [3.63, 3.8) is 0 Å². The summed E-state index contributed by atoms with van der Waals surface area (Å²) >= 11 is 0. The highest BCUT2D eigenvalue weighted by atomic mass is 79.9. The molecule has 0 aromatic carbocycles. The zero-order valence-electron chi connectivity index (χ0n) is 2.13. The molecule has 0 nitrogen and oxygen atoms in total. The van der Waals surface area contributed by atoms with Crippen LogP contribution in [0.2, 0.25) is 0 Å². The lowest BCUT2D eigenvalue weighted by molar-refractivity contribution is 3.24. The second-order valence-electron chi connectivity index (χ2n) is 0. The van der Waals surface area contributed by atoms with Crippen LogP contribution in [-0.2, 0) is 0 Å². The van der Waals surface area contributed by atoms with E-state index < -0.39 is 0 Å². The predicted octanol–water partition coefficient (Wildman–Crippen LogP) is 2.39. The van der Waals surface area contributed by atoms with E-state index in [9.17, 15) is 0 Å². The molecule has 0 unspecified atom stereocenters. The molecule has 0 aromatic rings. The Hall–Kier alpha value is 1.92. The van der Waals surface area contributed by atoms with E-state index in [1.165, 1.54) is 0 Å². The predicted molar refractivity (Wildman–Crippen MR) is 44.5 cm³/mol. The molecule has 0 amide bonds. The fourth-order valence-corrected chi connectivity index (χ4v) is 0. The van der Waals surface area contributed by atoms with Crippen LogP contribution in [0.1, 0.15) is 0 Å². The Morgan fingerprint density at radius 1 is 0.400 bits per heavy atom. The fourth-order valence-electron chi connectivity index (χ4n) is 0. The Bertz CT molecular complexity index is 3.61. The third-order valence-corrected chi connectivity index (χ3v) is 0. The molecule has 0 fully saturated rings. The van der Waals surface area contributed by atoms with Crippen LogP contribution in [0.5, 0.6) is 0 Å². The maximum Gasteiger partial charge on any atom is 0 e. The summed E-state index contributed by atoms with van der Waals surface area (Å²) in [5.41, 5.74) is 0. The second kappa shape index (κ2) is 38.9. The summed E-state index contributed by atoms with van der Waals surface area (Å²) in [4.78, 5) is 0. The lowest BCUT2D eigenvalue weighted by atomic mass is 12.0. The lowest BCUT2D eigenvalue weighted by Gasteiger charge is -0.115. The highest BCUT2D eigenvalue weighted by Gasteiger charge is 0.0000362. The first kappa shape index (κ1) is 65.8. The van der Waals surface area contributed by atoms with Crippen molar-refractivity contribution in [3.8, 4) is 0 Å². The maximum atomic E-state index is 0. The topological polar surface area (TPSA) is 0 Å². The molecule has 0 bridgehead atoms. The third kappa shape index (κ3) is 24.7. The molecule has 0 spiro atoms. The van der Waals surface area contributed by atoms with Gasteiger partial charge >= 0.3 is 0 Å². The molecule has 0 N–H and O–H groups in total. The molecule has 0 saturated heterocycles. The summed E-state index contributed by atoms with van der Waals surface area (Å²) in [6, 6.07) is 0. The molecule has 4 heteroatoms. The second-order valence-corrected chi connectivity index (χ2v) is 0. The number of rotatable bonds is 0. The van der Waals surface area contributed by atoms with Gasteiger partial charge < -0.3 is 0 Å². The van der Waals surface area contributed by atoms with E-state index >= 15 is 0 Å². The summed E-state index contributed by atoms with van der Waals surface area (Å²) in [6.07, 6.45) is 0. The molecule has 0 aliphatic rings. The van der Waals surface area contributed by atoms with Gasteiger partial charge in [0.25, 0.3) is 0 Å². The summed E-state index contributed by atoms with van der Waals surface area (Å²) in [6.45, 7) is 0. The van der Waals surface area contributed by atoms with Gasteiger partial charge in [-0.25, -0.2) is 0 Å². The number of halogens is 4. The number of hydrogen-bond acceptors (Lipinski definition) is 0. The van der Waals surface area contributed by atoms with Crippen molar-refractivity contribution in [2.45, 2.75) is 0 Å². The maximum absolute atomic E-state index is 0. The Morgan fingerprint density at radius 3 is 0.400 bits per heavy atom. The average Bonchev–Trinajstić information content (AvgIpc) is 0. The van der Waals surface area contributed by atoms with Gasteiger partial charge in [0.15, 0.2) is 0 Å². The minimum absolute atomic E-state index is 0. The van der Waals surface area contributed by atoms with Crippen molar-refractivity contribution < 1.29 is 0 Å². The summed E-state index contributed by atoms with van der Waals surface area (Å²) in [5.74, 6) is 0. The smallest absolute Gasteiger partial charge is 0 e. The molecule has 4 radical (unpaired) electrons. The fraction of sp³-hybridized carbons (Fsp3) is 0. The molecule has 0 aliphatic carbocycles. The van der Waals surface area contributed by atoms with E-state index in [0.717, 1.165) is 0 Å². The molecule has 0 aromatic heterocycles. The van der Waals surface area contributed by atoms with Gasteiger partial charge in [-0.15, -0.1) is 67.9 Å². The minimum Gasteiger partial charge on any atom is -0.114 e. The van der Waals surface area contributed by atoms with E-state index in [-0.39, 0.29) is 75.4 Å². The van der Waals surface area contributed by atoms with E-state index in [1.54, 1.807) is 0 Å². The minimum atomic E-state index is 0. The quantitative estimate of drug-likeness (QED) is 0.638. The van der Waals surface area contributed by atoms with Gasteiger partial charge in [-0.3, -0.25) is 0 Å². The summed E-state index contributed by atoms with van der Waals surface area (Å²) in [5, 5.41) is 0. The van der Waals surface area contributed by atoms with Crippen molar-refractivity contribution in [2.24, 2.45) is 0 Å². The molecule has 0 heterocycles. The van der Waals surface area contributed by atoms with Gasteiger partial charge in [0.2, 0.25) is 0 Å². The van der Waals surface area contributed by atoms with E-state index in [1.807, 2.05) is 0 Å². The summed E-state index contributed by atoms with van der Waals surface area (Å²) < 4.78 is 0. The molecule has 0 rings (SSSR count). The Labute approximate surface area is 74.8 Å². The molecule has 36 valence electrons. The van der Waals surface area contributed by atoms with Crippen LogP contribution in [0.3, 0.4) is 0 Å². The van der Waals surface area contributed by atoms with Crippen molar-refractivity contribution in [1.29, 1.82) is 0 Å². The van der Waals surface area contributed by atoms with Crippen LogP contribution in [0.4, 0.5) is 0 Å². The van der Waals surface area contributed by atoms with Gasteiger partial charge in [-0.1, -0.05) is 0 Å². The van der Waals surface area contributed by atoms with Crippen LogP contribution in [0.15, 0.2) is 0 Å². The highest BCUT2D eigenvalue weighted by molar-refractivity contribution is 8.93. The Kier molecular flexibility index (Phi) is 511. The normalized spacial score (nSPS) is 0. The van der Waals surface area contributed by atoms with Crippen LogP contribution in [0, 0.1) is 7.43 Å². The van der Waals surface area contributed by atoms with Crippen LogP contribution in [0.25, 0.3) is 0 Å². The molecule has 5 heavy (non-hydrogen) atoms. The van der Waals surface area contributed by atoms with Gasteiger partial charge in [0.1, 0.15) is 0 Å². The van der Waals surface area contributed by atoms with Crippen LogP contribution < -0.4 is 0 Å². The van der Waals surface area contributed by atoms with Gasteiger partial charge in [0.05, 0.1) is 0 Å². The molecule has 0 saturated carbocycles. The standard InChI is InChI=1S/C.4BrH/h;4*1H. The first-order chi connectivity index (χ1) is 0. The zero-order valence-corrected chi connectivity index (χ0v) is 8.99. The van der Waals surface area contributed by atoms with E-state index in [0.29, 0.717) is 0 Å². The first-order valence-corrected chi connectivity index (χ1v) is 0. The molecular formula is CH4Br4. The SMILES string of the molecule is Br.Br.Br.Br.[C]. The van der Waals surface area contributed by atoms with Crippen LogP contribution >= 0.6 is 67.9 Å². The molecule has 0 aliphatic heterocycles. The monoisotopic (exact) mass is 332 g/mol. The van der Waals surface area contributed by atoms with Gasteiger partial charge in [0, 0.05) is 7.43 Å². The largest absolute Gasteiger partial charge is 0.114 e. The molecule has 0 atom stereocenters.